The monoisotopic (exact) mass is 176 g/mol. The number of hydrogen-bond acceptors (Lipinski definition) is 3. The topological polar surface area (TPSA) is 49.7 Å². The summed E-state index contributed by atoms with van der Waals surface area (Å²) in [6, 6.07) is 0. The summed E-state index contributed by atoms with van der Waals surface area (Å²) in [5.74, 6) is -0.00775. The maximum Gasteiger partial charge on any atom is 0.0482 e. The lowest BCUT2D eigenvalue weighted by Crippen LogP contribution is -2.13. The summed E-state index contributed by atoms with van der Waals surface area (Å²) in [5.41, 5.74) is 0. The molecule has 2 N–H and O–H groups in total. The molecule has 0 aliphatic rings. The van der Waals surface area contributed by atoms with Crippen LogP contribution in [-0.4, -0.2) is 36.6 Å². The van der Waals surface area contributed by atoms with Crippen molar-refractivity contribution in [3.63, 3.8) is 0 Å². The first-order valence-electron chi connectivity index (χ1n) is 4.64. The van der Waals surface area contributed by atoms with E-state index in [0.29, 0.717) is 6.61 Å². The van der Waals surface area contributed by atoms with E-state index in [1.165, 1.54) is 0 Å². The summed E-state index contributed by atoms with van der Waals surface area (Å²) in [6.07, 6.45) is 2.98. The first-order chi connectivity index (χ1) is 5.85. The first-order valence-corrected chi connectivity index (χ1v) is 4.64. The van der Waals surface area contributed by atoms with Gasteiger partial charge < -0.3 is 14.9 Å². The second-order valence-electron chi connectivity index (χ2n) is 2.99. The number of aliphatic hydroxyl groups excluding tert-OH is 2. The summed E-state index contributed by atoms with van der Waals surface area (Å²) < 4.78 is 5.29. The Morgan fingerprint density at radius 1 is 1.17 bits per heavy atom. The van der Waals surface area contributed by atoms with Crippen molar-refractivity contribution in [3.05, 3.63) is 0 Å². The van der Waals surface area contributed by atoms with E-state index in [1.54, 1.807) is 0 Å². The Labute approximate surface area is 74.4 Å². The second kappa shape index (κ2) is 8.97. The van der Waals surface area contributed by atoms with Crippen molar-refractivity contribution in [2.24, 2.45) is 5.92 Å². The van der Waals surface area contributed by atoms with Crippen LogP contribution in [0.15, 0.2) is 0 Å². The van der Waals surface area contributed by atoms with Gasteiger partial charge in [0.05, 0.1) is 0 Å². The fourth-order valence-corrected chi connectivity index (χ4v) is 0.839. The molecule has 0 aliphatic carbocycles. The average molecular weight is 176 g/mol. The van der Waals surface area contributed by atoms with Crippen LogP contribution < -0.4 is 0 Å². The largest absolute Gasteiger partial charge is 0.396 e. The third-order valence-corrected chi connectivity index (χ3v) is 1.83. The fourth-order valence-electron chi connectivity index (χ4n) is 0.839. The van der Waals surface area contributed by atoms with Gasteiger partial charge in [-0.3, -0.25) is 0 Å². The zero-order valence-electron chi connectivity index (χ0n) is 7.83. The minimum absolute atomic E-state index is 0.00775. The summed E-state index contributed by atoms with van der Waals surface area (Å²) in [6.45, 7) is 3.65. The maximum absolute atomic E-state index is 8.71. The number of aliphatic hydroxyl groups is 2. The van der Waals surface area contributed by atoms with Crippen molar-refractivity contribution in [1.29, 1.82) is 0 Å². The summed E-state index contributed by atoms with van der Waals surface area (Å²) in [7, 11) is 0. The standard InChI is InChI=1S/C9H20O3/c1-2-3-5-12-6-4-9(7-10)8-11/h9-11H,2-8H2,1H3. The Morgan fingerprint density at radius 2 is 1.83 bits per heavy atom. The quantitative estimate of drug-likeness (QED) is 0.538. The van der Waals surface area contributed by atoms with Crippen molar-refractivity contribution in [3.8, 4) is 0 Å². The molecule has 0 aromatic heterocycles. The van der Waals surface area contributed by atoms with Crippen LogP contribution in [0.25, 0.3) is 0 Å². The molecule has 74 valence electrons. The predicted octanol–water partition coefficient (Wildman–Crippen LogP) is 0.794. The highest BCUT2D eigenvalue weighted by atomic mass is 16.5. The molecule has 12 heavy (non-hydrogen) atoms. The molecule has 0 aromatic carbocycles. The molecule has 0 fully saturated rings. The van der Waals surface area contributed by atoms with E-state index < -0.39 is 0 Å². The van der Waals surface area contributed by atoms with Crippen LogP contribution in [0.5, 0.6) is 0 Å². The summed E-state index contributed by atoms with van der Waals surface area (Å²) in [4.78, 5) is 0. The molecule has 0 bridgehead atoms. The van der Waals surface area contributed by atoms with Crippen LogP contribution in [0.2, 0.25) is 0 Å². The van der Waals surface area contributed by atoms with Crippen LogP contribution in [0.3, 0.4) is 0 Å². The van der Waals surface area contributed by atoms with Gasteiger partial charge in [0.25, 0.3) is 0 Å². The Kier molecular flexibility index (Phi) is 8.88. The molecule has 0 aromatic rings. The third kappa shape index (κ3) is 6.58. The lowest BCUT2D eigenvalue weighted by molar-refractivity contribution is 0.0826. The Morgan fingerprint density at radius 3 is 2.33 bits per heavy atom. The third-order valence-electron chi connectivity index (χ3n) is 1.83. The zero-order valence-corrected chi connectivity index (χ0v) is 7.83. The molecule has 0 heterocycles. The van der Waals surface area contributed by atoms with Gasteiger partial charge in [0.2, 0.25) is 0 Å². The summed E-state index contributed by atoms with van der Waals surface area (Å²) >= 11 is 0. The van der Waals surface area contributed by atoms with E-state index >= 15 is 0 Å². The van der Waals surface area contributed by atoms with Crippen molar-refractivity contribution in [2.45, 2.75) is 26.2 Å². The zero-order chi connectivity index (χ0) is 9.23. The molecular formula is C9H20O3. The van der Waals surface area contributed by atoms with E-state index in [-0.39, 0.29) is 19.1 Å². The van der Waals surface area contributed by atoms with Crippen LogP contribution in [0.4, 0.5) is 0 Å². The fraction of sp³-hybridized carbons (Fsp3) is 1.00. The number of rotatable bonds is 8. The van der Waals surface area contributed by atoms with Gasteiger partial charge in [-0.1, -0.05) is 13.3 Å². The molecule has 0 saturated carbocycles. The van der Waals surface area contributed by atoms with Crippen LogP contribution in [-0.2, 0) is 4.74 Å². The average Bonchev–Trinajstić information content (AvgIpc) is 2.11. The second-order valence-corrected chi connectivity index (χ2v) is 2.99. The molecule has 0 atom stereocenters. The van der Waals surface area contributed by atoms with Gasteiger partial charge in [-0.05, 0) is 12.8 Å². The molecule has 0 spiro atoms. The molecule has 3 heteroatoms. The van der Waals surface area contributed by atoms with Gasteiger partial charge in [0.1, 0.15) is 0 Å². The highest BCUT2D eigenvalue weighted by Gasteiger charge is 2.04. The van der Waals surface area contributed by atoms with Crippen molar-refractivity contribution in [2.75, 3.05) is 26.4 Å². The van der Waals surface area contributed by atoms with Gasteiger partial charge in [-0.25, -0.2) is 0 Å². The van der Waals surface area contributed by atoms with E-state index in [9.17, 15) is 0 Å². The number of hydrogen-bond donors (Lipinski definition) is 2. The SMILES string of the molecule is CCCCOCCC(CO)CO. The molecule has 0 amide bonds. The van der Waals surface area contributed by atoms with Gasteiger partial charge in [-0.2, -0.15) is 0 Å². The molecular weight excluding hydrogens is 156 g/mol. The minimum Gasteiger partial charge on any atom is -0.396 e. The van der Waals surface area contributed by atoms with Gasteiger partial charge in [0, 0.05) is 32.3 Å². The molecule has 0 rings (SSSR count). The van der Waals surface area contributed by atoms with Crippen LogP contribution in [0, 0.1) is 5.92 Å². The van der Waals surface area contributed by atoms with E-state index in [4.69, 9.17) is 14.9 Å². The van der Waals surface area contributed by atoms with Crippen molar-refractivity contribution >= 4 is 0 Å². The lowest BCUT2D eigenvalue weighted by atomic mass is 10.1. The first kappa shape index (κ1) is 11.9. The Bertz CT molecular complexity index is 81.8. The van der Waals surface area contributed by atoms with E-state index in [1.807, 2.05) is 0 Å². The van der Waals surface area contributed by atoms with Gasteiger partial charge >= 0.3 is 0 Å². The van der Waals surface area contributed by atoms with Crippen molar-refractivity contribution < 1.29 is 14.9 Å². The molecule has 3 nitrogen and oxygen atoms in total. The van der Waals surface area contributed by atoms with Crippen molar-refractivity contribution in [1.82, 2.24) is 0 Å². The summed E-state index contributed by atoms with van der Waals surface area (Å²) in [5, 5.41) is 17.4. The Balaban J connectivity index is 3.06. The minimum atomic E-state index is -0.00775. The molecule has 0 saturated heterocycles. The molecule has 0 aliphatic heterocycles. The highest BCUT2D eigenvalue weighted by Crippen LogP contribution is 2.01. The van der Waals surface area contributed by atoms with Gasteiger partial charge in [-0.15, -0.1) is 0 Å². The highest BCUT2D eigenvalue weighted by molar-refractivity contribution is 4.53. The maximum atomic E-state index is 8.71. The molecule has 0 unspecified atom stereocenters. The van der Waals surface area contributed by atoms with E-state index in [0.717, 1.165) is 25.9 Å². The number of ether oxygens (including phenoxy) is 1. The number of unbranched alkanes of at least 4 members (excludes halogenated alkanes) is 1. The van der Waals surface area contributed by atoms with E-state index in [2.05, 4.69) is 6.92 Å². The smallest absolute Gasteiger partial charge is 0.0482 e. The predicted molar refractivity (Wildman–Crippen MR) is 48.0 cm³/mol. The van der Waals surface area contributed by atoms with Gasteiger partial charge in [0.15, 0.2) is 0 Å². The Hall–Kier alpha value is -0.120. The van der Waals surface area contributed by atoms with Crippen LogP contribution in [0.1, 0.15) is 26.2 Å². The van der Waals surface area contributed by atoms with Crippen LogP contribution >= 0.6 is 0 Å². The lowest BCUT2D eigenvalue weighted by Gasteiger charge is -2.10. The normalized spacial score (nSPS) is 11.0. The molecule has 0 radical (unpaired) electrons.